The summed E-state index contributed by atoms with van der Waals surface area (Å²) in [7, 11) is -0.720. The van der Waals surface area contributed by atoms with Crippen molar-refractivity contribution in [2.45, 2.75) is 13.3 Å². The van der Waals surface area contributed by atoms with Gasteiger partial charge in [-0.2, -0.15) is 0 Å². The van der Waals surface area contributed by atoms with Gasteiger partial charge in [0, 0.05) is 0 Å². The van der Waals surface area contributed by atoms with Crippen molar-refractivity contribution in [3.63, 3.8) is 0 Å². The monoisotopic (exact) mass is 248 g/mol. The maximum absolute atomic E-state index is 6.53. The molecule has 82 valence electrons. The van der Waals surface area contributed by atoms with Gasteiger partial charge in [-0.15, -0.1) is 0 Å². The summed E-state index contributed by atoms with van der Waals surface area (Å²) < 4.78 is 0. The maximum Gasteiger partial charge on any atom is 0.0524 e. The minimum absolute atomic E-state index is 0.720. The number of aryl methyl sites for hydroxylation is 1. The molecular weight excluding hydrogens is 235 g/mol. The number of hydrogen-bond acceptors (Lipinski definition) is 0. The van der Waals surface area contributed by atoms with Gasteiger partial charge in [0.25, 0.3) is 0 Å². The van der Waals surface area contributed by atoms with Crippen LogP contribution in [0.2, 0.25) is 0 Å². The molecule has 0 aliphatic heterocycles. The van der Waals surface area contributed by atoms with E-state index in [0.717, 1.165) is 6.42 Å². The molecule has 0 amide bonds. The third kappa shape index (κ3) is 2.64. The summed E-state index contributed by atoms with van der Waals surface area (Å²) in [6.07, 6.45) is 1.06. The first-order chi connectivity index (χ1) is 7.81. The van der Waals surface area contributed by atoms with Crippen LogP contribution in [0.15, 0.2) is 54.6 Å². The summed E-state index contributed by atoms with van der Waals surface area (Å²) >= 11 is 6.53. The lowest BCUT2D eigenvalue weighted by molar-refractivity contribution is 1.14. The van der Waals surface area contributed by atoms with Gasteiger partial charge < -0.3 is 0 Å². The minimum Gasteiger partial charge on any atom is -0.0859 e. The Morgan fingerprint density at radius 3 is 2.31 bits per heavy atom. The zero-order chi connectivity index (χ0) is 11.4. The summed E-state index contributed by atoms with van der Waals surface area (Å²) in [6.45, 7) is 2.16. The first-order valence-corrected chi connectivity index (χ1v) is 7.66. The Morgan fingerprint density at radius 2 is 1.62 bits per heavy atom. The predicted octanol–water partition coefficient (Wildman–Crippen LogP) is 3.84. The lowest BCUT2D eigenvalue weighted by Crippen LogP contribution is -2.08. The zero-order valence-electron chi connectivity index (χ0n) is 9.23. The van der Waals surface area contributed by atoms with Gasteiger partial charge in [-0.3, -0.25) is 0 Å². The summed E-state index contributed by atoms with van der Waals surface area (Å²) in [5, 5.41) is 2.45. The maximum atomic E-state index is 6.53. The Labute approximate surface area is 103 Å². The zero-order valence-corrected chi connectivity index (χ0v) is 10.9. The minimum atomic E-state index is -0.720. The van der Waals surface area contributed by atoms with Gasteiger partial charge >= 0.3 is 0 Å². The highest BCUT2D eigenvalue weighted by Crippen LogP contribution is 2.38. The fourth-order valence-electron chi connectivity index (χ4n) is 1.61. The van der Waals surface area contributed by atoms with E-state index in [9.17, 15) is 0 Å². The molecule has 1 unspecified atom stereocenters. The van der Waals surface area contributed by atoms with Gasteiger partial charge in [0.15, 0.2) is 0 Å². The second-order valence-corrected chi connectivity index (χ2v) is 6.25. The first-order valence-electron chi connectivity index (χ1n) is 5.41. The van der Waals surface area contributed by atoms with Crippen molar-refractivity contribution in [1.29, 1.82) is 0 Å². The number of rotatable bonds is 3. The molecule has 0 aromatic heterocycles. The highest BCUT2D eigenvalue weighted by atomic mass is 35.7. The van der Waals surface area contributed by atoms with Crippen LogP contribution in [0.25, 0.3) is 0 Å². The Bertz CT molecular complexity index is 453. The van der Waals surface area contributed by atoms with E-state index in [1.54, 1.807) is 0 Å². The van der Waals surface area contributed by atoms with Crippen LogP contribution in [0.1, 0.15) is 12.5 Å². The quantitative estimate of drug-likeness (QED) is 0.724. The standard InChI is InChI=1S/C14H14ClP/c1-2-12-7-6-10-14(11-12)16(15)13-8-4-3-5-9-13/h3-11H,2H2,1H3. The van der Waals surface area contributed by atoms with Crippen molar-refractivity contribution in [1.82, 2.24) is 0 Å². The molecule has 1 atom stereocenters. The smallest absolute Gasteiger partial charge is 0.0524 e. The molecule has 0 bridgehead atoms. The molecule has 0 fully saturated rings. The summed E-state index contributed by atoms with van der Waals surface area (Å²) in [6, 6.07) is 18.9. The summed E-state index contributed by atoms with van der Waals surface area (Å²) in [5.41, 5.74) is 1.35. The summed E-state index contributed by atoms with van der Waals surface area (Å²) in [5.74, 6) is 0. The van der Waals surface area contributed by atoms with Crippen molar-refractivity contribution in [3.8, 4) is 0 Å². The second-order valence-electron chi connectivity index (χ2n) is 3.64. The molecule has 0 nitrogen and oxygen atoms in total. The number of benzene rings is 2. The number of halogens is 1. The molecule has 0 N–H and O–H groups in total. The molecule has 2 heteroatoms. The molecule has 2 aromatic carbocycles. The largest absolute Gasteiger partial charge is 0.0859 e. The third-order valence-corrected chi connectivity index (χ3v) is 5.18. The van der Waals surface area contributed by atoms with Crippen molar-refractivity contribution in [3.05, 3.63) is 60.2 Å². The molecule has 16 heavy (non-hydrogen) atoms. The lowest BCUT2D eigenvalue weighted by atomic mass is 10.2. The lowest BCUT2D eigenvalue weighted by Gasteiger charge is -2.11. The average Bonchev–Trinajstić information content (AvgIpc) is 2.39. The average molecular weight is 249 g/mol. The normalized spacial score (nSPS) is 12.4. The predicted molar refractivity (Wildman–Crippen MR) is 74.3 cm³/mol. The van der Waals surface area contributed by atoms with E-state index in [0.29, 0.717) is 0 Å². The topological polar surface area (TPSA) is 0 Å². The van der Waals surface area contributed by atoms with Gasteiger partial charge in [-0.05, 0) is 28.7 Å². The molecule has 0 spiro atoms. The second kappa shape index (κ2) is 5.48. The highest BCUT2D eigenvalue weighted by molar-refractivity contribution is 7.95. The van der Waals surface area contributed by atoms with E-state index in [1.165, 1.54) is 16.2 Å². The van der Waals surface area contributed by atoms with Gasteiger partial charge in [-0.25, -0.2) is 0 Å². The molecule has 2 aromatic rings. The van der Waals surface area contributed by atoms with Crippen molar-refractivity contribution < 1.29 is 0 Å². The van der Waals surface area contributed by atoms with Crippen LogP contribution in [-0.2, 0) is 6.42 Å². The van der Waals surface area contributed by atoms with Gasteiger partial charge in [0.1, 0.15) is 0 Å². The van der Waals surface area contributed by atoms with Crippen LogP contribution in [-0.4, -0.2) is 0 Å². The molecule has 0 aliphatic rings. The third-order valence-electron chi connectivity index (χ3n) is 2.53. The van der Waals surface area contributed by atoms with Crippen LogP contribution in [0.5, 0.6) is 0 Å². The number of hydrogen-bond donors (Lipinski definition) is 0. The molecule has 0 radical (unpaired) electrons. The SMILES string of the molecule is CCc1cccc(P(Cl)c2ccccc2)c1. The fraction of sp³-hybridized carbons (Fsp3) is 0.143. The van der Waals surface area contributed by atoms with Crippen molar-refractivity contribution in [2.24, 2.45) is 0 Å². The van der Waals surface area contributed by atoms with Crippen molar-refractivity contribution >= 4 is 29.1 Å². The molecule has 0 saturated heterocycles. The van der Waals surface area contributed by atoms with E-state index < -0.39 is 7.27 Å². The van der Waals surface area contributed by atoms with Crippen molar-refractivity contribution in [2.75, 3.05) is 0 Å². The fourth-order valence-corrected chi connectivity index (χ4v) is 3.49. The van der Waals surface area contributed by atoms with Crippen LogP contribution >= 0.6 is 18.5 Å². The molecule has 0 saturated carbocycles. The highest BCUT2D eigenvalue weighted by Gasteiger charge is 2.09. The molecular formula is C14H14ClP. The van der Waals surface area contributed by atoms with E-state index in [2.05, 4.69) is 43.3 Å². The Morgan fingerprint density at radius 1 is 0.938 bits per heavy atom. The van der Waals surface area contributed by atoms with Gasteiger partial charge in [0.2, 0.25) is 0 Å². The first kappa shape index (κ1) is 11.6. The Balaban J connectivity index is 2.30. The van der Waals surface area contributed by atoms with E-state index in [1.807, 2.05) is 18.2 Å². The van der Waals surface area contributed by atoms with Crippen LogP contribution in [0.4, 0.5) is 0 Å². The van der Waals surface area contributed by atoms with E-state index in [4.69, 9.17) is 11.2 Å². The van der Waals surface area contributed by atoms with Gasteiger partial charge in [-0.1, -0.05) is 66.7 Å². The molecule has 2 rings (SSSR count). The van der Waals surface area contributed by atoms with E-state index >= 15 is 0 Å². The van der Waals surface area contributed by atoms with E-state index in [-0.39, 0.29) is 0 Å². The Kier molecular flexibility index (Phi) is 3.98. The Hall–Kier alpha value is -0.840. The molecule has 0 heterocycles. The summed E-state index contributed by atoms with van der Waals surface area (Å²) in [4.78, 5) is 0. The van der Waals surface area contributed by atoms with Gasteiger partial charge in [0.05, 0.1) is 7.27 Å². The molecule has 0 aliphatic carbocycles. The van der Waals surface area contributed by atoms with Crippen LogP contribution in [0, 0.1) is 0 Å². The van der Waals surface area contributed by atoms with Crippen LogP contribution in [0.3, 0.4) is 0 Å². The van der Waals surface area contributed by atoms with Crippen LogP contribution < -0.4 is 10.6 Å².